The highest BCUT2D eigenvalue weighted by Crippen LogP contribution is 2.34. The van der Waals surface area contributed by atoms with Crippen molar-refractivity contribution in [2.24, 2.45) is 0 Å². The number of fused-ring (bicyclic) bond motifs is 1. The van der Waals surface area contributed by atoms with Crippen LogP contribution in [0.25, 0.3) is 16.0 Å². The van der Waals surface area contributed by atoms with Gasteiger partial charge in [-0.15, -0.1) is 11.3 Å². The molecular weight excluding hydrogens is 376 g/mol. The van der Waals surface area contributed by atoms with Crippen LogP contribution in [-0.2, 0) is 6.61 Å². The smallest absolute Gasteiger partial charge is 0.349 e. The minimum Gasteiger partial charge on any atom is -0.497 e. The van der Waals surface area contributed by atoms with Crippen LogP contribution in [-0.4, -0.2) is 27.7 Å². The van der Waals surface area contributed by atoms with Gasteiger partial charge in [-0.25, -0.2) is 9.78 Å². The number of carboxylic acid groups (broad SMARTS) is 1. The molecule has 7 heteroatoms. The molecule has 0 aliphatic heterocycles. The lowest BCUT2D eigenvalue weighted by atomic mass is 10.1. The summed E-state index contributed by atoms with van der Waals surface area (Å²) in [6.07, 6.45) is 1.67. The molecule has 4 rings (SSSR count). The number of nitrogens with zero attached hydrogens (tertiary/aromatic N) is 2. The molecule has 1 N–H and O–H groups in total. The number of hydrogen-bond donors (Lipinski definition) is 1. The Morgan fingerprint density at radius 2 is 2.04 bits per heavy atom. The van der Waals surface area contributed by atoms with Crippen LogP contribution in [0.3, 0.4) is 0 Å². The largest absolute Gasteiger partial charge is 0.497 e. The molecule has 0 amide bonds. The Morgan fingerprint density at radius 1 is 1.21 bits per heavy atom. The van der Waals surface area contributed by atoms with E-state index < -0.39 is 5.97 Å². The second kappa shape index (κ2) is 7.36. The lowest BCUT2D eigenvalue weighted by Crippen LogP contribution is -2.01. The van der Waals surface area contributed by atoms with E-state index >= 15 is 0 Å². The third-order valence-corrected chi connectivity index (χ3v) is 5.62. The summed E-state index contributed by atoms with van der Waals surface area (Å²) in [5, 5.41) is 10.3. The molecule has 0 radical (unpaired) electrons. The van der Waals surface area contributed by atoms with Gasteiger partial charge in [0.15, 0.2) is 4.88 Å². The van der Waals surface area contributed by atoms with Crippen molar-refractivity contribution in [1.29, 1.82) is 0 Å². The lowest BCUT2D eigenvalue weighted by Gasteiger charge is -2.07. The van der Waals surface area contributed by atoms with E-state index in [1.165, 1.54) is 0 Å². The lowest BCUT2D eigenvalue weighted by molar-refractivity contribution is 0.0697. The SMILES string of the molecule is COc1ccc2c(c1)ncn2-c1cc(OCc2ccccc2C)c(C(=O)O)s1. The Labute approximate surface area is 165 Å². The van der Waals surface area contributed by atoms with E-state index in [4.69, 9.17) is 9.47 Å². The van der Waals surface area contributed by atoms with Gasteiger partial charge in [-0.1, -0.05) is 24.3 Å². The summed E-state index contributed by atoms with van der Waals surface area (Å²) in [6.45, 7) is 2.31. The van der Waals surface area contributed by atoms with Crippen LogP contribution in [0.4, 0.5) is 0 Å². The first-order valence-electron chi connectivity index (χ1n) is 8.62. The Balaban J connectivity index is 1.69. The quantitative estimate of drug-likeness (QED) is 0.514. The molecule has 28 heavy (non-hydrogen) atoms. The van der Waals surface area contributed by atoms with E-state index in [0.717, 1.165) is 44.2 Å². The van der Waals surface area contributed by atoms with Crippen LogP contribution >= 0.6 is 11.3 Å². The highest BCUT2D eigenvalue weighted by atomic mass is 32.1. The highest BCUT2D eigenvalue weighted by molar-refractivity contribution is 7.16. The number of ether oxygens (including phenoxy) is 2. The van der Waals surface area contributed by atoms with Gasteiger partial charge in [0.25, 0.3) is 0 Å². The van der Waals surface area contributed by atoms with Crippen molar-refractivity contribution in [3.63, 3.8) is 0 Å². The Kier molecular flexibility index (Phi) is 4.75. The third kappa shape index (κ3) is 3.32. The van der Waals surface area contributed by atoms with Gasteiger partial charge in [-0.2, -0.15) is 0 Å². The minimum absolute atomic E-state index is 0.166. The van der Waals surface area contributed by atoms with Gasteiger partial charge in [0, 0.05) is 12.1 Å². The summed E-state index contributed by atoms with van der Waals surface area (Å²) in [4.78, 5) is 16.3. The molecule has 0 unspecified atom stereocenters. The van der Waals surface area contributed by atoms with Crippen molar-refractivity contribution < 1.29 is 19.4 Å². The zero-order chi connectivity index (χ0) is 19.7. The molecule has 0 spiro atoms. The van der Waals surface area contributed by atoms with Gasteiger partial charge >= 0.3 is 5.97 Å². The normalized spacial score (nSPS) is 10.9. The predicted molar refractivity (Wildman–Crippen MR) is 108 cm³/mol. The number of hydrogen-bond acceptors (Lipinski definition) is 5. The van der Waals surface area contributed by atoms with Gasteiger partial charge in [0.1, 0.15) is 29.4 Å². The molecule has 142 valence electrons. The van der Waals surface area contributed by atoms with Gasteiger partial charge in [-0.3, -0.25) is 4.57 Å². The van der Waals surface area contributed by atoms with Crippen molar-refractivity contribution >= 4 is 28.3 Å². The second-order valence-corrected chi connectivity index (χ2v) is 7.30. The monoisotopic (exact) mass is 394 g/mol. The Morgan fingerprint density at radius 3 is 2.79 bits per heavy atom. The minimum atomic E-state index is -1.01. The van der Waals surface area contributed by atoms with Gasteiger partial charge < -0.3 is 14.6 Å². The van der Waals surface area contributed by atoms with Gasteiger partial charge in [-0.05, 0) is 30.2 Å². The second-order valence-electron chi connectivity index (χ2n) is 6.27. The summed E-state index contributed by atoms with van der Waals surface area (Å²) in [7, 11) is 1.61. The van der Waals surface area contributed by atoms with E-state index in [-0.39, 0.29) is 4.88 Å². The highest BCUT2D eigenvalue weighted by Gasteiger charge is 2.19. The van der Waals surface area contributed by atoms with Crippen molar-refractivity contribution in [3.8, 4) is 16.5 Å². The first kappa shape index (κ1) is 18.1. The first-order valence-corrected chi connectivity index (χ1v) is 9.44. The van der Waals surface area contributed by atoms with E-state index in [1.807, 2.05) is 54.0 Å². The van der Waals surface area contributed by atoms with Crippen LogP contribution in [0.15, 0.2) is 54.9 Å². The third-order valence-electron chi connectivity index (χ3n) is 4.52. The number of thiophene rings is 1. The number of aromatic nitrogens is 2. The molecule has 0 bridgehead atoms. The molecule has 6 nitrogen and oxygen atoms in total. The molecule has 0 atom stereocenters. The number of benzene rings is 2. The molecule has 4 aromatic rings. The number of aryl methyl sites for hydroxylation is 1. The summed E-state index contributed by atoms with van der Waals surface area (Å²) in [6, 6.07) is 15.2. The number of aromatic carboxylic acids is 1. The van der Waals surface area contributed by atoms with E-state index in [2.05, 4.69) is 4.98 Å². The van der Waals surface area contributed by atoms with Crippen molar-refractivity contribution in [3.05, 3.63) is 70.9 Å². The van der Waals surface area contributed by atoms with Crippen molar-refractivity contribution in [2.75, 3.05) is 7.11 Å². The van der Waals surface area contributed by atoms with Crippen LogP contribution in [0.2, 0.25) is 0 Å². The van der Waals surface area contributed by atoms with Crippen molar-refractivity contribution in [1.82, 2.24) is 9.55 Å². The fourth-order valence-electron chi connectivity index (χ4n) is 2.96. The number of methoxy groups -OCH3 is 1. The summed E-state index contributed by atoms with van der Waals surface area (Å²) < 4.78 is 13.0. The van der Waals surface area contributed by atoms with E-state index in [9.17, 15) is 9.90 Å². The Hall–Kier alpha value is -3.32. The maximum absolute atomic E-state index is 11.7. The molecule has 0 saturated carbocycles. The van der Waals surface area contributed by atoms with Crippen LogP contribution in [0, 0.1) is 6.92 Å². The maximum Gasteiger partial charge on any atom is 0.349 e. The fraction of sp³-hybridized carbons (Fsp3) is 0.143. The van der Waals surface area contributed by atoms with Crippen LogP contribution in [0.5, 0.6) is 11.5 Å². The summed E-state index contributed by atoms with van der Waals surface area (Å²) in [5.74, 6) is 0.0608. The van der Waals surface area contributed by atoms with Gasteiger partial charge in [0.2, 0.25) is 0 Å². The molecule has 0 aliphatic carbocycles. The zero-order valence-corrected chi connectivity index (χ0v) is 16.2. The van der Waals surface area contributed by atoms with Crippen LogP contribution < -0.4 is 9.47 Å². The van der Waals surface area contributed by atoms with E-state index in [1.54, 1.807) is 19.5 Å². The molecule has 0 aliphatic rings. The van der Waals surface area contributed by atoms with E-state index in [0.29, 0.717) is 12.4 Å². The Bertz CT molecular complexity index is 1160. The predicted octanol–water partition coefficient (Wildman–Crippen LogP) is 4.68. The molecule has 2 aromatic carbocycles. The molecule has 0 fully saturated rings. The standard InChI is InChI=1S/C21H18N2O4S/c1-13-5-3-4-6-14(13)11-27-18-10-19(28-20(18)21(24)25)23-12-22-16-9-15(26-2)7-8-17(16)23/h3-10,12H,11H2,1-2H3,(H,24,25). The average Bonchev–Trinajstić information content (AvgIpc) is 3.30. The number of carbonyl (C=O) groups is 1. The zero-order valence-electron chi connectivity index (χ0n) is 15.4. The molecular formula is C21H18N2O4S. The number of carboxylic acids is 1. The van der Waals surface area contributed by atoms with Crippen LogP contribution in [0.1, 0.15) is 20.8 Å². The number of rotatable bonds is 6. The molecule has 2 aromatic heterocycles. The fourth-order valence-corrected chi connectivity index (χ4v) is 3.88. The topological polar surface area (TPSA) is 73.6 Å². The molecule has 2 heterocycles. The maximum atomic E-state index is 11.7. The first-order chi connectivity index (χ1) is 13.6. The van der Waals surface area contributed by atoms with Gasteiger partial charge in [0.05, 0.1) is 18.1 Å². The molecule has 0 saturated heterocycles. The van der Waals surface area contributed by atoms with Crippen molar-refractivity contribution in [2.45, 2.75) is 13.5 Å². The summed E-state index contributed by atoms with van der Waals surface area (Å²) in [5.41, 5.74) is 3.76. The number of imidazole rings is 1. The average molecular weight is 394 g/mol. The summed E-state index contributed by atoms with van der Waals surface area (Å²) >= 11 is 1.16.